The van der Waals surface area contributed by atoms with Gasteiger partial charge in [0.25, 0.3) is 5.91 Å². The number of halogens is 4. The van der Waals surface area contributed by atoms with E-state index in [0.29, 0.717) is 6.42 Å². The fourth-order valence-electron chi connectivity index (χ4n) is 2.33. The van der Waals surface area contributed by atoms with Gasteiger partial charge in [-0.25, -0.2) is 10.5 Å². The van der Waals surface area contributed by atoms with E-state index in [1.54, 1.807) is 0 Å². The van der Waals surface area contributed by atoms with Crippen LogP contribution in [0, 0.1) is 11.8 Å². The molecule has 0 aliphatic carbocycles. The number of unbranched alkanes of at least 4 members (excludes halogenated alkanes) is 3. The maximum Gasteiger partial charge on any atom is 0.417 e. The number of carbonyl (C=O) groups is 1. The minimum absolute atomic E-state index is 0.0782. The third-order valence-corrected chi connectivity index (χ3v) is 3.93. The van der Waals surface area contributed by atoms with Gasteiger partial charge in [0, 0.05) is 12.6 Å². The minimum Gasteiger partial charge on any atom is -0.360 e. The van der Waals surface area contributed by atoms with E-state index in [1.165, 1.54) is 5.48 Å². The Bertz CT molecular complexity index is 884. The van der Waals surface area contributed by atoms with E-state index in [1.807, 2.05) is 0 Å². The summed E-state index contributed by atoms with van der Waals surface area (Å²) in [7, 11) is 0. The molecule has 0 bridgehead atoms. The summed E-state index contributed by atoms with van der Waals surface area (Å²) < 4.78 is 40.4. The zero-order valence-corrected chi connectivity index (χ0v) is 15.2. The van der Waals surface area contributed by atoms with Gasteiger partial charge in [-0.2, -0.15) is 13.2 Å². The lowest BCUT2D eigenvalue weighted by Gasteiger charge is -2.10. The molecule has 10 heteroatoms. The summed E-state index contributed by atoms with van der Waals surface area (Å²) in [6.07, 6.45) is -0.216. The highest BCUT2D eigenvalue weighted by atomic mass is 35.5. The van der Waals surface area contributed by atoms with Crippen molar-refractivity contribution in [3.05, 3.63) is 28.5 Å². The Morgan fingerprint density at radius 2 is 2.15 bits per heavy atom. The molecule has 0 saturated heterocycles. The molecule has 146 valence electrons. The van der Waals surface area contributed by atoms with Crippen molar-refractivity contribution in [2.24, 2.45) is 0 Å². The van der Waals surface area contributed by atoms with Gasteiger partial charge in [0.2, 0.25) is 0 Å². The third kappa shape index (κ3) is 5.28. The molecular formula is C17H18ClF3N4O2. The van der Waals surface area contributed by atoms with Gasteiger partial charge in [0.15, 0.2) is 11.3 Å². The van der Waals surface area contributed by atoms with Gasteiger partial charge >= 0.3 is 6.18 Å². The number of nitrogens with zero attached hydrogens (tertiary/aromatic N) is 2. The Balaban J connectivity index is 2.49. The normalized spacial score (nSPS) is 11.2. The number of imidazole rings is 1. The average Bonchev–Trinajstić information content (AvgIpc) is 2.97. The van der Waals surface area contributed by atoms with Crippen LogP contribution in [0.5, 0.6) is 0 Å². The molecule has 6 nitrogen and oxygen atoms in total. The first-order valence-electron chi connectivity index (χ1n) is 8.22. The lowest BCUT2D eigenvalue weighted by atomic mass is 10.2. The summed E-state index contributed by atoms with van der Waals surface area (Å²) in [5.41, 5.74) is 0.715. The molecule has 2 aromatic rings. The number of pyridine rings is 1. The van der Waals surface area contributed by atoms with Gasteiger partial charge < -0.3 is 5.32 Å². The van der Waals surface area contributed by atoms with Gasteiger partial charge in [0.1, 0.15) is 5.82 Å². The largest absolute Gasteiger partial charge is 0.417 e. The van der Waals surface area contributed by atoms with Crippen LogP contribution in [0.3, 0.4) is 0 Å². The Morgan fingerprint density at radius 1 is 1.41 bits per heavy atom. The summed E-state index contributed by atoms with van der Waals surface area (Å²) in [4.78, 5) is 15.5. The molecule has 0 atom stereocenters. The summed E-state index contributed by atoms with van der Waals surface area (Å²) in [6, 6.07) is 0.784. The first-order valence-corrected chi connectivity index (χ1v) is 8.60. The van der Waals surface area contributed by atoms with Crippen LogP contribution in [0.4, 0.5) is 19.0 Å². The van der Waals surface area contributed by atoms with Crippen molar-refractivity contribution in [1.29, 1.82) is 0 Å². The summed E-state index contributed by atoms with van der Waals surface area (Å²) >= 11 is 5.97. The third-order valence-electron chi connectivity index (χ3n) is 3.66. The van der Waals surface area contributed by atoms with Crippen molar-refractivity contribution in [3.63, 3.8) is 0 Å². The van der Waals surface area contributed by atoms with Crippen LogP contribution in [0.25, 0.3) is 5.65 Å². The maximum absolute atomic E-state index is 13.1. The lowest BCUT2D eigenvalue weighted by Crippen LogP contribution is -2.27. The molecule has 1 amide bonds. The smallest absolute Gasteiger partial charge is 0.360 e. The topological polar surface area (TPSA) is 78.7 Å². The van der Waals surface area contributed by atoms with E-state index in [4.69, 9.17) is 16.8 Å². The molecule has 2 aromatic heterocycles. The molecule has 0 spiro atoms. The second-order valence-electron chi connectivity index (χ2n) is 5.72. The molecule has 0 fully saturated rings. The summed E-state index contributed by atoms with van der Waals surface area (Å²) in [5.74, 6) is 5.05. The lowest BCUT2D eigenvalue weighted by molar-refractivity contribution is -0.137. The molecular weight excluding hydrogens is 385 g/mol. The van der Waals surface area contributed by atoms with Gasteiger partial charge in [-0.1, -0.05) is 37.3 Å². The number of hydroxylamine groups is 1. The number of rotatable bonds is 6. The van der Waals surface area contributed by atoms with Crippen LogP contribution in [0.15, 0.2) is 12.3 Å². The fraction of sp³-hybridized carbons (Fsp3) is 0.412. The predicted molar refractivity (Wildman–Crippen MR) is 94.6 cm³/mol. The Kier molecular flexibility index (Phi) is 6.93. The van der Waals surface area contributed by atoms with E-state index in [-0.39, 0.29) is 28.7 Å². The van der Waals surface area contributed by atoms with E-state index in [0.717, 1.165) is 35.9 Å². The van der Waals surface area contributed by atoms with Crippen LogP contribution < -0.4 is 10.8 Å². The Morgan fingerprint density at radius 3 is 2.78 bits per heavy atom. The number of carbonyl (C=O) groups excluding carboxylic acids is 1. The zero-order chi connectivity index (χ0) is 20.0. The Labute approximate surface area is 158 Å². The molecule has 0 radical (unpaired) electrons. The highest BCUT2D eigenvalue weighted by Gasteiger charge is 2.32. The van der Waals surface area contributed by atoms with Crippen molar-refractivity contribution in [2.45, 2.75) is 38.8 Å². The highest BCUT2D eigenvalue weighted by molar-refractivity contribution is 6.33. The Hall–Kier alpha value is -2.44. The van der Waals surface area contributed by atoms with Crippen molar-refractivity contribution in [1.82, 2.24) is 14.9 Å². The molecule has 0 aromatic carbocycles. The van der Waals surface area contributed by atoms with Crippen molar-refractivity contribution >= 4 is 29.0 Å². The number of amides is 1. The van der Waals surface area contributed by atoms with Gasteiger partial charge in [-0.15, -0.1) is 0 Å². The first kappa shape index (κ1) is 20.9. The van der Waals surface area contributed by atoms with Gasteiger partial charge in [-0.3, -0.25) is 14.4 Å². The highest BCUT2D eigenvalue weighted by Crippen LogP contribution is 2.34. The number of hydrogen-bond donors (Lipinski definition) is 3. The number of aromatic nitrogens is 2. The number of fused-ring (bicyclic) bond motifs is 1. The second kappa shape index (κ2) is 8.97. The molecule has 2 heterocycles. The van der Waals surface area contributed by atoms with Crippen LogP contribution >= 0.6 is 11.6 Å². The summed E-state index contributed by atoms with van der Waals surface area (Å²) in [5, 5.41) is 11.1. The minimum atomic E-state index is -4.60. The van der Waals surface area contributed by atoms with Crippen molar-refractivity contribution < 1.29 is 23.2 Å². The van der Waals surface area contributed by atoms with E-state index in [9.17, 15) is 18.0 Å². The number of alkyl halides is 3. The van der Waals surface area contributed by atoms with E-state index >= 15 is 0 Å². The van der Waals surface area contributed by atoms with E-state index < -0.39 is 17.6 Å². The molecule has 0 aliphatic rings. The standard InChI is InChI=1S/C17H18ClF3N4O2/c1-2-3-4-5-6-7-13-16(22-9-14(26)24-27)25-10-11(17(19,20)21)8-12(18)15(25)23-13/h8,10,22,27H,2-5,9H2,1H3,(H,24,26). The molecule has 0 saturated carbocycles. The van der Waals surface area contributed by atoms with Gasteiger partial charge in [0.05, 0.1) is 17.1 Å². The molecule has 27 heavy (non-hydrogen) atoms. The first-order chi connectivity index (χ1) is 12.8. The molecule has 2 rings (SSSR count). The van der Waals surface area contributed by atoms with Crippen molar-refractivity contribution in [3.8, 4) is 11.8 Å². The van der Waals surface area contributed by atoms with Crippen LogP contribution in [-0.2, 0) is 11.0 Å². The zero-order valence-electron chi connectivity index (χ0n) is 14.5. The maximum atomic E-state index is 13.1. The fourth-order valence-corrected chi connectivity index (χ4v) is 2.58. The predicted octanol–water partition coefficient (Wildman–Crippen LogP) is 3.86. The number of anilines is 1. The van der Waals surface area contributed by atoms with E-state index in [2.05, 4.69) is 29.1 Å². The number of nitrogens with one attached hydrogen (secondary N) is 2. The second-order valence-corrected chi connectivity index (χ2v) is 6.13. The van der Waals surface area contributed by atoms with Gasteiger partial charge in [-0.05, 0) is 18.4 Å². The monoisotopic (exact) mass is 402 g/mol. The molecule has 3 N–H and O–H groups in total. The average molecular weight is 403 g/mol. The quantitative estimate of drug-likeness (QED) is 0.297. The molecule has 0 aliphatic heterocycles. The summed E-state index contributed by atoms with van der Waals surface area (Å²) in [6.45, 7) is 1.67. The van der Waals surface area contributed by atoms with Crippen molar-refractivity contribution in [2.75, 3.05) is 11.9 Å². The number of hydrogen-bond acceptors (Lipinski definition) is 4. The SMILES string of the molecule is CCCCCC#Cc1nc2c(Cl)cc(C(F)(F)F)cn2c1NCC(=O)NO. The molecule has 0 unspecified atom stereocenters. The van der Waals surface area contributed by atoms with Crippen LogP contribution in [0.1, 0.15) is 43.9 Å². The van der Waals surface area contributed by atoms with Crippen LogP contribution in [0.2, 0.25) is 5.02 Å². The van der Waals surface area contributed by atoms with Crippen LogP contribution in [-0.4, -0.2) is 27.0 Å².